The Labute approximate surface area is 195 Å². The number of nitrogens with one attached hydrogen (secondary N) is 2. The molecule has 0 saturated heterocycles. The van der Waals surface area contributed by atoms with Crippen LogP contribution in [0.5, 0.6) is 0 Å². The van der Waals surface area contributed by atoms with Crippen LogP contribution in [0.3, 0.4) is 0 Å². The number of carbonyl (C=O) groups is 2. The summed E-state index contributed by atoms with van der Waals surface area (Å²) in [6, 6.07) is 11.7. The van der Waals surface area contributed by atoms with E-state index in [2.05, 4.69) is 46.3 Å². The van der Waals surface area contributed by atoms with Crippen molar-refractivity contribution in [3.05, 3.63) is 58.7 Å². The summed E-state index contributed by atoms with van der Waals surface area (Å²) in [4.78, 5) is 35.5. The van der Waals surface area contributed by atoms with Gasteiger partial charge in [0.2, 0.25) is 18.3 Å². The van der Waals surface area contributed by atoms with Crippen molar-refractivity contribution in [2.24, 2.45) is 0 Å². The molecule has 1 aromatic heterocycles. The van der Waals surface area contributed by atoms with Crippen molar-refractivity contribution >= 4 is 62.5 Å². The standard InChI is InChI=1S/C23H25BrN6O2/c1-29(2)11-12-30(3)20-9-8-18(13-16(20)7-10-21(32)26-15-31)27-23-25-14-17-5-4-6-19(24)22(17)28-23/h4-10,13-15H,11-12H2,1-3H3,(H,25,27,28)(H,26,31,32). The Hall–Kier alpha value is -3.30. The number of carbonyl (C=O) groups excluding carboxylic acids is 2. The Balaban J connectivity index is 1.91. The van der Waals surface area contributed by atoms with Crippen LogP contribution < -0.4 is 15.5 Å². The van der Waals surface area contributed by atoms with E-state index in [1.54, 1.807) is 12.3 Å². The highest BCUT2D eigenvalue weighted by molar-refractivity contribution is 9.10. The molecular formula is C23H25BrN6O2. The Morgan fingerprint density at radius 1 is 1.16 bits per heavy atom. The van der Waals surface area contributed by atoms with Crippen LogP contribution in [0, 0.1) is 0 Å². The van der Waals surface area contributed by atoms with Crippen LogP contribution in [0.25, 0.3) is 17.0 Å². The Morgan fingerprint density at radius 3 is 2.72 bits per heavy atom. The van der Waals surface area contributed by atoms with Crippen LogP contribution >= 0.6 is 15.9 Å². The second-order valence-corrected chi connectivity index (χ2v) is 8.31. The molecule has 3 rings (SSSR count). The van der Waals surface area contributed by atoms with Crippen LogP contribution in [0.15, 0.2) is 53.1 Å². The predicted octanol–water partition coefficient (Wildman–Crippen LogP) is 3.42. The Bertz CT molecular complexity index is 1150. The third-order valence-electron chi connectivity index (χ3n) is 4.75. The van der Waals surface area contributed by atoms with Crippen molar-refractivity contribution < 1.29 is 9.59 Å². The molecule has 0 spiro atoms. The normalized spacial score (nSPS) is 11.2. The molecule has 0 atom stereocenters. The van der Waals surface area contributed by atoms with Gasteiger partial charge in [-0.05, 0) is 60.4 Å². The van der Waals surface area contributed by atoms with Crippen molar-refractivity contribution in [3.63, 3.8) is 0 Å². The first-order chi connectivity index (χ1) is 15.4. The molecule has 0 radical (unpaired) electrons. The number of aromatic nitrogens is 2. The lowest BCUT2D eigenvalue weighted by Gasteiger charge is -2.24. The summed E-state index contributed by atoms with van der Waals surface area (Å²) in [6.07, 6.45) is 5.15. The molecular weight excluding hydrogens is 472 g/mol. The van der Waals surface area contributed by atoms with Gasteiger partial charge in [0.1, 0.15) is 0 Å². The summed E-state index contributed by atoms with van der Waals surface area (Å²) < 4.78 is 0.892. The molecule has 0 aliphatic rings. The first kappa shape index (κ1) is 23.4. The summed E-state index contributed by atoms with van der Waals surface area (Å²) in [5, 5.41) is 6.28. The molecule has 32 heavy (non-hydrogen) atoms. The van der Waals surface area contributed by atoms with Crippen molar-refractivity contribution in [2.45, 2.75) is 0 Å². The van der Waals surface area contributed by atoms with Gasteiger partial charge in [-0.25, -0.2) is 9.97 Å². The van der Waals surface area contributed by atoms with Gasteiger partial charge < -0.3 is 15.1 Å². The van der Waals surface area contributed by atoms with Gasteiger partial charge in [-0.15, -0.1) is 0 Å². The van der Waals surface area contributed by atoms with Crippen molar-refractivity contribution in [2.75, 3.05) is 44.4 Å². The maximum Gasteiger partial charge on any atom is 0.250 e. The van der Waals surface area contributed by atoms with Gasteiger partial charge in [0.05, 0.1) is 5.52 Å². The minimum absolute atomic E-state index is 0.365. The summed E-state index contributed by atoms with van der Waals surface area (Å²) in [5.41, 5.74) is 3.36. The SMILES string of the molecule is CN(C)CCN(C)c1ccc(Nc2ncc3cccc(Br)c3n2)cc1C=CC(=O)NC=O. The lowest BCUT2D eigenvalue weighted by Crippen LogP contribution is -2.28. The van der Waals surface area contributed by atoms with E-state index in [1.807, 2.05) is 57.5 Å². The summed E-state index contributed by atoms with van der Waals surface area (Å²) in [5.74, 6) is -0.0188. The Kier molecular flexibility index (Phi) is 7.91. The lowest BCUT2D eigenvalue weighted by atomic mass is 10.1. The molecule has 2 N–H and O–H groups in total. The first-order valence-electron chi connectivity index (χ1n) is 9.98. The molecule has 0 fully saturated rings. The molecule has 3 aromatic rings. The highest BCUT2D eigenvalue weighted by Gasteiger charge is 2.10. The quantitative estimate of drug-likeness (QED) is 0.346. The highest BCUT2D eigenvalue weighted by atomic mass is 79.9. The molecule has 2 amide bonds. The van der Waals surface area contributed by atoms with Gasteiger partial charge in [-0.3, -0.25) is 14.9 Å². The summed E-state index contributed by atoms with van der Waals surface area (Å²) >= 11 is 3.53. The van der Waals surface area contributed by atoms with Gasteiger partial charge >= 0.3 is 0 Å². The molecule has 166 valence electrons. The van der Waals surface area contributed by atoms with Crippen LogP contribution in [-0.2, 0) is 9.59 Å². The van der Waals surface area contributed by atoms with E-state index in [4.69, 9.17) is 0 Å². The maximum absolute atomic E-state index is 11.8. The third-order valence-corrected chi connectivity index (χ3v) is 5.39. The number of hydrogen-bond acceptors (Lipinski definition) is 7. The van der Waals surface area contributed by atoms with Crippen LogP contribution in [0.2, 0.25) is 0 Å². The fraction of sp³-hybridized carbons (Fsp3) is 0.217. The molecule has 2 aromatic carbocycles. The molecule has 0 aliphatic heterocycles. The van der Waals surface area contributed by atoms with E-state index in [0.29, 0.717) is 12.4 Å². The van der Waals surface area contributed by atoms with E-state index in [-0.39, 0.29) is 0 Å². The molecule has 0 saturated carbocycles. The van der Waals surface area contributed by atoms with Gasteiger partial charge in [0.15, 0.2) is 0 Å². The topological polar surface area (TPSA) is 90.5 Å². The number of para-hydroxylation sites is 1. The highest BCUT2D eigenvalue weighted by Crippen LogP contribution is 2.27. The first-order valence-corrected chi connectivity index (χ1v) is 10.8. The summed E-state index contributed by atoms with van der Waals surface area (Å²) in [7, 11) is 6.04. The van der Waals surface area contributed by atoms with Crippen LogP contribution in [0.4, 0.5) is 17.3 Å². The molecule has 0 aliphatic carbocycles. The Morgan fingerprint density at radius 2 is 1.97 bits per heavy atom. The van der Waals surface area contributed by atoms with Crippen LogP contribution in [0.1, 0.15) is 5.56 Å². The van der Waals surface area contributed by atoms with Crippen molar-refractivity contribution in [1.29, 1.82) is 0 Å². The second kappa shape index (κ2) is 10.8. The van der Waals surface area contributed by atoms with E-state index >= 15 is 0 Å². The predicted molar refractivity (Wildman–Crippen MR) is 132 cm³/mol. The van der Waals surface area contributed by atoms with Gasteiger partial charge in [0.25, 0.3) is 0 Å². The number of likely N-dealkylation sites (N-methyl/N-ethyl adjacent to an activating group) is 2. The molecule has 1 heterocycles. The number of halogens is 1. The minimum atomic E-state index is -0.483. The van der Waals surface area contributed by atoms with E-state index in [0.717, 1.165) is 45.4 Å². The summed E-state index contributed by atoms with van der Waals surface area (Å²) in [6.45, 7) is 1.69. The number of anilines is 3. The van der Waals surface area contributed by atoms with Gasteiger partial charge in [-0.2, -0.15) is 0 Å². The smallest absolute Gasteiger partial charge is 0.250 e. The zero-order valence-corrected chi connectivity index (χ0v) is 19.8. The van der Waals surface area contributed by atoms with Crippen molar-refractivity contribution in [1.82, 2.24) is 20.2 Å². The van der Waals surface area contributed by atoms with E-state index in [1.165, 1.54) is 6.08 Å². The fourth-order valence-electron chi connectivity index (χ4n) is 3.06. The average Bonchev–Trinajstić information content (AvgIpc) is 2.77. The zero-order valence-electron chi connectivity index (χ0n) is 18.2. The largest absolute Gasteiger partial charge is 0.373 e. The monoisotopic (exact) mass is 496 g/mol. The number of fused-ring (bicyclic) bond motifs is 1. The number of amides is 2. The molecule has 0 unspecified atom stereocenters. The van der Waals surface area contributed by atoms with Gasteiger partial charge in [-0.1, -0.05) is 12.1 Å². The average molecular weight is 497 g/mol. The minimum Gasteiger partial charge on any atom is -0.373 e. The van der Waals surface area contributed by atoms with Gasteiger partial charge in [0, 0.05) is 59.2 Å². The van der Waals surface area contributed by atoms with Crippen molar-refractivity contribution in [3.8, 4) is 0 Å². The fourth-order valence-corrected chi connectivity index (χ4v) is 3.53. The second-order valence-electron chi connectivity index (χ2n) is 7.45. The molecule has 8 nitrogen and oxygen atoms in total. The van der Waals surface area contributed by atoms with E-state index < -0.39 is 5.91 Å². The number of hydrogen-bond donors (Lipinski definition) is 2. The number of nitrogens with zero attached hydrogens (tertiary/aromatic N) is 4. The number of imide groups is 1. The molecule has 0 bridgehead atoms. The number of benzene rings is 2. The molecule has 9 heteroatoms. The number of rotatable bonds is 9. The zero-order chi connectivity index (χ0) is 23.1. The van der Waals surface area contributed by atoms with Crippen LogP contribution in [-0.4, -0.2) is 61.4 Å². The van der Waals surface area contributed by atoms with E-state index in [9.17, 15) is 9.59 Å². The lowest BCUT2D eigenvalue weighted by molar-refractivity contribution is -0.121. The maximum atomic E-state index is 11.8. The third kappa shape index (κ3) is 6.12.